The number of benzene rings is 1. The van der Waals surface area contributed by atoms with E-state index < -0.39 is 0 Å². The van der Waals surface area contributed by atoms with Crippen LogP contribution >= 0.6 is 11.3 Å². The van der Waals surface area contributed by atoms with Crippen molar-refractivity contribution in [2.45, 2.75) is 31.3 Å². The van der Waals surface area contributed by atoms with Crippen LogP contribution in [0.15, 0.2) is 46.2 Å². The van der Waals surface area contributed by atoms with Crippen LogP contribution in [-0.2, 0) is 11.3 Å². The number of nitrogens with zero attached hydrogens (tertiary/aromatic N) is 3. The van der Waals surface area contributed by atoms with Crippen molar-refractivity contribution < 1.29 is 9.15 Å². The summed E-state index contributed by atoms with van der Waals surface area (Å²) in [7, 11) is 0. The molecule has 1 saturated heterocycles. The molecular formula is C20H21N3O2S. The van der Waals surface area contributed by atoms with Crippen molar-refractivity contribution in [1.82, 2.24) is 15.1 Å². The van der Waals surface area contributed by atoms with Crippen molar-refractivity contribution in [3.05, 3.63) is 58.8 Å². The number of thiophene rings is 1. The van der Waals surface area contributed by atoms with Crippen molar-refractivity contribution in [3.63, 3.8) is 0 Å². The second-order valence-electron chi connectivity index (χ2n) is 6.96. The van der Waals surface area contributed by atoms with Gasteiger partial charge in [-0.25, -0.2) is 0 Å². The summed E-state index contributed by atoms with van der Waals surface area (Å²) in [5, 5.41) is 10.6. The van der Waals surface area contributed by atoms with Gasteiger partial charge in [-0.1, -0.05) is 30.3 Å². The molecule has 1 saturated carbocycles. The quantitative estimate of drug-likeness (QED) is 0.675. The average Bonchev–Trinajstić information content (AvgIpc) is 3.17. The van der Waals surface area contributed by atoms with E-state index in [1.54, 1.807) is 11.3 Å². The third-order valence-electron chi connectivity index (χ3n) is 5.14. The Hall–Kier alpha value is -2.02. The summed E-state index contributed by atoms with van der Waals surface area (Å²) in [6, 6.07) is 12.8. The van der Waals surface area contributed by atoms with E-state index in [-0.39, 0.29) is 6.04 Å². The molecule has 2 fully saturated rings. The Balaban J connectivity index is 1.39. The lowest BCUT2D eigenvalue weighted by atomic mass is 10.0. The Morgan fingerprint density at radius 1 is 1.12 bits per heavy atom. The molecule has 5 nitrogen and oxygen atoms in total. The fourth-order valence-corrected chi connectivity index (χ4v) is 4.26. The van der Waals surface area contributed by atoms with Gasteiger partial charge in [0.05, 0.1) is 18.1 Å². The molecule has 26 heavy (non-hydrogen) atoms. The molecule has 2 aromatic heterocycles. The zero-order valence-corrected chi connectivity index (χ0v) is 15.3. The minimum Gasteiger partial charge on any atom is -0.418 e. The highest BCUT2D eigenvalue weighted by atomic mass is 32.1. The monoisotopic (exact) mass is 367 g/mol. The van der Waals surface area contributed by atoms with Crippen LogP contribution in [0.5, 0.6) is 0 Å². The number of rotatable bonds is 5. The van der Waals surface area contributed by atoms with Gasteiger partial charge in [0.1, 0.15) is 6.04 Å². The van der Waals surface area contributed by atoms with Gasteiger partial charge in [-0.15, -0.1) is 21.5 Å². The van der Waals surface area contributed by atoms with E-state index in [1.807, 2.05) is 17.5 Å². The first-order chi connectivity index (χ1) is 12.9. The fourth-order valence-electron chi connectivity index (χ4n) is 3.61. The van der Waals surface area contributed by atoms with Crippen LogP contribution < -0.4 is 0 Å². The summed E-state index contributed by atoms with van der Waals surface area (Å²) < 4.78 is 11.7. The molecule has 0 spiro atoms. The number of morpholine rings is 1. The molecule has 5 rings (SSSR count). The highest BCUT2D eigenvalue weighted by Gasteiger charge is 2.32. The standard InChI is InChI=1S/C20H21N3O2S/c1-2-5-16(14-7-8-14)15(4-1)12-23-9-10-24-13-17(23)19-21-22-20(25-19)18-6-3-11-26-18/h1-6,11,14,17H,7-10,12-13H2. The Bertz CT molecular complexity index is 873. The van der Waals surface area contributed by atoms with Crippen molar-refractivity contribution in [1.29, 1.82) is 0 Å². The number of aromatic nitrogens is 2. The molecule has 1 unspecified atom stereocenters. The second-order valence-corrected chi connectivity index (χ2v) is 7.90. The van der Waals surface area contributed by atoms with E-state index in [0.717, 1.165) is 30.5 Å². The van der Waals surface area contributed by atoms with Gasteiger partial charge in [0.15, 0.2) is 0 Å². The minimum absolute atomic E-state index is 0.0113. The lowest BCUT2D eigenvalue weighted by Gasteiger charge is -2.33. The molecule has 6 heteroatoms. The van der Waals surface area contributed by atoms with Crippen LogP contribution in [0.1, 0.15) is 41.8 Å². The van der Waals surface area contributed by atoms with Crippen molar-refractivity contribution in [2.75, 3.05) is 19.8 Å². The fraction of sp³-hybridized carbons (Fsp3) is 0.400. The predicted octanol–water partition coefficient (Wildman–Crippen LogP) is 4.25. The van der Waals surface area contributed by atoms with E-state index in [1.165, 1.54) is 24.0 Å². The van der Waals surface area contributed by atoms with E-state index in [4.69, 9.17) is 9.15 Å². The molecule has 2 aliphatic rings. The Morgan fingerprint density at radius 2 is 2.04 bits per heavy atom. The maximum Gasteiger partial charge on any atom is 0.257 e. The van der Waals surface area contributed by atoms with Crippen molar-refractivity contribution in [2.24, 2.45) is 0 Å². The second kappa shape index (κ2) is 6.95. The van der Waals surface area contributed by atoms with Crippen LogP contribution in [0.4, 0.5) is 0 Å². The van der Waals surface area contributed by atoms with Crippen LogP contribution in [0.2, 0.25) is 0 Å². The highest BCUT2D eigenvalue weighted by Crippen LogP contribution is 2.42. The topological polar surface area (TPSA) is 51.4 Å². The molecule has 1 aliphatic carbocycles. The molecule has 3 aromatic rings. The largest absolute Gasteiger partial charge is 0.418 e. The molecule has 0 amide bonds. The smallest absolute Gasteiger partial charge is 0.257 e. The molecular weight excluding hydrogens is 346 g/mol. The van der Waals surface area contributed by atoms with Gasteiger partial charge in [-0.3, -0.25) is 4.90 Å². The molecule has 3 heterocycles. The van der Waals surface area contributed by atoms with Gasteiger partial charge >= 0.3 is 0 Å². The summed E-state index contributed by atoms with van der Waals surface area (Å²) in [6.45, 7) is 3.11. The Kier molecular flexibility index (Phi) is 4.32. The normalized spacial score (nSPS) is 21.2. The first-order valence-corrected chi connectivity index (χ1v) is 10.0. The summed E-state index contributed by atoms with van der Waals surface area (Å²) in [5.41, 5.74) is 2.92. The van der Waals surface area contributed by atoms with Crippen LogP contribution in [-0.4, -0.2) is 34.9 Å². The summed E-state index contributed by atoms with van der Waals surface area (Å²) in [5.74, 6) is 2.00. The van der Waals surface area contributed by atoms with Gasteiger partial charge in [-0.05, 0) is 41.3 Å². The lowest BCUT2D eigenvalue weighted by molar-refractivity contribution is -0.0222. The van der Waals surface area contributed by atoms with Crippen LogP contribution in [0, 0.1) is 0 Å². The number of ether oxygens (including phenoxy) is 1. The molecule has 0 bridgehead atoms. The summed E-state index contributed by atoms with van der Waals surface area (Å²) in [4.78, 5) is 3.42. The Morgan fingerprint density at radius 3 is 2.88 bits per heavy atom. The SMILES string of the molecule is c1csc(-c2nnc(C3COCCN3Cc3ccccc3C3CC3)o2)c1. The van der Waals surface area contributed by atoms with E-state index in [9.17, 15) is 0 Å². The van der Waals surface area contributed by atoms with Gasteiger partial charge in [0.2, 0.25) is 5.89 Å². The molecule has 1 atom stereocenters. The molecule has 1 aromatic carbocycles. The predicted molar refractivity (Wildman–Crippen MR) is 100.0 cm³/mol. The van der Waals surface area contributed by atoms with Gasteiger partial charge in [-0.2, -0.15) is 0 Å². The first kappa shape index (κ1) is 16.2. The van der Waals surface area contributed by atoms with Crippen molar-refractivity contribution in [3.8, 4) is 10.8 Å². The third-order valence-corrected chi connectivity index (χ3v) is 6.00. The maximum atomic E-state index is 5.99. The summed E-state index contributed by atoms with van der Waals surface area (Å²) >= 11 is 1.61. The maximum absolute atomic E-state index is 5.99. The highest BCUT2D eigenvalue weighted by molar-refractivity contribution is 7.13. The zero-order valence-electron chi connectivity index (χ0n) is 14.5. The Labute approximate surface area is 156 Å². The zero-order chi connectivity index (χ0) is 17.3. The molecule has 1 aliphatic heterocycles. The van der Waals surface area contributed by atoms with Crippen LogP contribution in [0.25, 0.3) is 10.8 Å². The lowest BCUT2D eigenvalue weighted by Crippen LogP contribution is -2.39. The average molecular weight is 367 g/mol. The molecule has 0 radical (unpaired) electrons. The van der Waals surface area contributed by atoms with Gasteiger partial charge in [0, 0.05) is 13.1 Å². The first-order valence-electron chi connectivity index (χ1n) is 9.15. The van der Waals surface area contributed by atoms with E-state index in [2.05, 4.69) is 39.4 Å². The summed E-state index contributed by atoms with van der Waals surface area (Å²) in [6.07, 6.45) is 2.63. The molecule has 134 valence electrons. The van der Waals surface area contributed by atoms with E-state index >= 15 is 0 Å². The van der Waals surface area contributed by atoms with Gasteiger partial charge in [0.25, 0.3) is 5.89 Å². The third kappa shape index (κ3) is 3.20. The van der Waals surface area contributed by atoms with Crippen LogP contribution in [0.3, 0.4) is 0 Å². The number of hydrogen-bond donors (Lipinski definition) is 0. The van der Waals surface area contributed by atoms with Crippen molar-refractivity contribution >= 4 is 11.3 Å². The molecule has 0 N–H and O–H groups in total. The number of hydrogen-bond acceptors (Lipinski definition) is 6. The van der Waals surface area contributed by atoms with E-state index in [0.29, 0.717) is 18.4 Å². The minimum atomic E-state index is 0.0113. The van der Waals surface area contributed by atoms with Gasteiger partial charge < -0.3 is 9.15 Å².